The molecule has 2 rings (SSSR count). The van der Waals surface area contributed by atoms with Gasteiger partial charge in [-0.1, -0.05) is 31.9 Å². The smallest absolute Gasteiger partial charge is 0.405 e. The Labute approximate surface area is 240 Å². The van der Waals surface area contributed by atoms with Gasteiger partial charge in [0.25, 0.3) is 5.91 Å². The van der Waals surface area contributed by atoms with Gasteiger partial charge in [0, 0.05) is 41.4 Å². The van der Waals surface area contributed by atoms with E-state index in [1.165, 1.54) is 14.2 Å². The highest BCUT2D eigenvalue weighted by Crippen LogP contribution is 2.39. The average molecular weight is 575 g/mol. The molecule has 0 spiro atoms. The summed E-state index contributed by atoms with van der Waals surface area (Å²) in [6.45, 7) is 8.32. The molecule has 0 bridgehead atoms. The van der Waals surface area contributed by atoms with Crippen LogP contribution >= 0.6 is 0 Å². The Balaban J connectivity index is 2.58. The van der Waals surface area contributed by atoms with Crippen LogP contribution in [0, 0.1) is 23.7 Å². The van der Waals surface area contributed by atoms with E-state index in [1.807, 2.05) is 55.4 Å². The third-order valence-corrected chi connectivity index (χ3v) is 6.86. The van der Waals surface area contributed by atoms with Crippen molar-refractivity contribution in [2.24, 2.45) is 5.92 Å². The monoisotopic (exact) mass is 574 g/mol. The van der Waals surface area contributed by atoms with E-state index in [1.54, 1.807) is 19.1 Å². The van der Waals surface area contributed by atoms with Crippen molar-refractivity contribution in [2.45, 2.75) is 66.5 Å². The molecule has 41 heavy (non-hydrogen) atoms. The van der Waals surface area contributed by atoms with Crippen LogP contribution in [-0.2, 0) is 0 Å². The summed E-state index contributed by atoms with van der Waals surface area (Å²) in [6.07, 6.45) is 0.446. The number of anilines is 2. The Bertz CT molecular complexity index is 1260. The fourth-order valence-corrected chi connectivity index (χ4v) is 4.42. The topological polar surface area (TPSA) is 98.5 Å². The van der Waals surface area contributed by atoms with E-state index in [9.17, 15) is 18.0 Å². The number of rotatable bonds is 14. The van der Waals surface area contributed by atoms with Gasteiger partial charge in [-0.05, 0) is 63.3 Å². The normalized spacial score (nSPS) is 12.5. The number of benzene rings is 2. The first kappa shape index (κ1) is 33.4. The van der Waals surface area contributed by atoms with E-state index in [2.05, 4.69) is 6.92 Å². The number of nitrogens with one attached hydrogen (secondary N) is 3. The molecule has 0 fully saturated rings. The highest BCUT2D eigenvalue weighted by molar-refractivity contribution is 6.02. The van der Waals surface area contributed by atoms with E-state index < -0.39 is 18.6 Å². The minimum Gasteiger partial charge on any atom is -0.496 e. The lowest BCUT2D eigenvalue weighted by Crippen LogP contribution is -2.34. The van der Waals surface area contributed by atoms with Gasteiger partial charge in [0.05, 0.1) is 19.9 Å². The lowest BCUT2D eigenvalue weighted by molar-refractivity contribution is -0.123. The number of carbonyl (C=O) groups is 1. The zero-order valence-corrected chi connectivity index (χ0v) is 24.9. The zero-order chi connectivity index (χ0) is 30.9. The maximum atomic E-state index is 12.7. The van der Waals surface area contributed by atoms with Gasteiger partial charge < -0.3 is 30.5 Å². The summed E-state index contributed by atoms with van der Waals surface area (Å²) in [7, 11) is 2.67. The van der Waals surface area contributed by atoms with Crippen LogP contribution in [0.15, 0.2) is 42.1 Å². The second-order valence-electron chi connectivity index (χ2n) is 10.1. The van der Waals surface area contributed by atoms with E-state index >= 15 is 0 Å². The second-order valence-corrected chi connectivity index (χ2v) is 10.1. The molecule has 0 saturated carbocycles. The van der Waals surface area contributed by atoms with Crippen molar-refractivity contribution in [3.05, 3.63) is 58.8 Å². The van der Waals surface area contributed by atoms with Gasteiger partial charge in [-0.25, -0.2) is 0 Å². The van der Waals surface area contributed by atoms with Crippen LogP contribution in [0.3, 0.4) is 0 Å². The van der Waals surface area contributed by atoms with Gasteiger partial charge in [-0.2, -0.15) is 13.2 Å². The molecule has 0 saturated heterocycles. The predicted molar refractivity (Wildman–Crippen MR) is 159 cm³/mol. The molecule has 1 amide bonds. The number of carbonyl (C=O) groups excluding carboxylic acids is 1. The first-order valence-electron chi connectivity index (χ1n) is 13.6. The fourth-order valence-electron chi connectivity index (χ4n) is 4.42. The number of halogens is 3. The van der Waals surface area contributed by atoms with Gasteiger partial charge in [0.15, 0.2) is 0 Å². The first-order valence-corrected chi connectivity index (χ1v) is 13.6. The summed E-state index contributed by atoms with van der Waals surface area (Å²) in [4.78, 5) is 14.6. The van der Waals surface area contributed by atoms with Gasteiger partial charge in [-0.15, -0.1) is 0 Å². The molecule has 1 atom stereocenters. The van der Waals surface area contributed by atoms with Gasteiger partial charge in [-0.3, -0.25) is 4.79 Å². The highest BCUT2D eigenvalue weighted by atomic mass is 19.4. The summed E-state index contributed by atoms with van der Waals surface area (Å²) in [5.74, 6) is -0.806. The van der Waals surface area contributed by atoms with Crippen LogP contribution in [0.4, 0.5) is 24.5 Å². The number of nitrogens with zero attached hydrogens (tertiary/aromatic N) is 1. The Hall–Kier alpha value is -3.82. The predicted octanol–water partition coefficient (Wildman–Crippen LogP) is 7.97. The largest absolute Gasteiger partial charge is 0.496 e. The lowest BCUT2D eigenvalue weighted by atomic mass is 9.90. The number of hydrogen-bond donors (Lipinski definition) is 3. The Morgan fingerprint density at radius 2 is 1.68 bits per heavy atom. The molecule has 2 aromatic carbocycles. The molecule has 0 aliphatic carbocycles. The Morgan fingerprint density at radius 1 is 1.07 bits per heavy atom. The number of hydrogen-bond acceptors (Lipinski definition) is 6. The maximum absolute atomic E-state index is 12.7. The molecule has 0 aliphatic heterocycles. The summed E-state index contributed by atoms with van der Waals surface area (Å²) >= 11 is 0. The summed E-state index contributed by atoms with van der Waals surface area (Å²) in [5, 5.41) is 18.6. The first-order chi connectivity index (χ1) is 19.3. The van der Waals surface area contributed by atoms with E-state index in [-0.39, 0.29) is 23.0 Å². The fraction of sp³-hybridized carbons (Fsp3) is 0.452. The highest BCUT2D eigenvalue weighted by Gasteiger charge is 2.30. The molecule has 0 radical (unpaired) electrons. The minimum absolute atomic E-state index is 0.0332. The van der Waals surface area contributed by atoms with E-state index in [4.69, 9.17) is 20.3 Å². The van der Waals surface area contributed by atoms with Crippen LogP contribution in [0.25, 0.3) is 0 Å². The lowest BCUT2D eigenvalue weighted by Gasteiger charge is -2.26. The molecule has 224 valence electrons. The number of aryl methyl sites for hydroxylation is 1. The minimum atomic E-state index is -4.56. The van der Waals surface area contributed by atoms with Gasteiger partial charge in [0.2, 0.25) is 0 Å². The van der Waals surface area contributed by atoms with E-state index in [0.29, 0.717) is 23.5 Å². The molecular weight excluding hydrogens is 533 g/mol. The van der Waals surface area contributed by atoms with Crippen molar-refractivity contribution in [2.75, 3.05) is 25.7 Å². The average Bonchev–Trinajstić information content (AvgIpc) is 2.92. The molecule has 0 aliphatic rings. The molecule has 1 unspecified atom stereocenters. The maximum Gasteiger partial charge on any atom is 0.405 e. The third kappa shape index (κ3) is 9.09. The molecular formula is C31H41F3N4O3. The molecule has 3 N–H and O–H groups in total. The van der Waals surface area contributed by atoms with Crippen LogP contribution in [0.1, 0.15) is 74.9 Å². The molecule has 7 nitrogen and oxygen atoms in total. The SMILES string of the molecule is CCCC(CC(=N)c1ccc(N(/C=C(/C)CC)c2cc(OC)c(C(=O)NCC(F)(F)F)c(OC)c2)c(C)c1)C(C)=N. The molecule has 2 aromatic rings. The van der Waals surface area contributed by atoms with Crippen molar-refractivity contribution in [3.8, 4) is 11.5 Å². The summed E-state index contributed by atoms with van der Waals surface area (Å²) in [6, 6.07) is 8.90. The van der Waals surface area contributed by atoms with Crippen LogP contribution in [0.2, 0.25) is 0 Å². The number of ether oxygens (including phenoxy) is 2. The Morgan fingerprint density at radius 3 is 2.15 bits per heavy atom. The summed E-state index contributed by atoms with van der Waals surface area (Å²) in [5.41, 5.74) is 5.00. The third-order valence-electron chi connectivity index (χ3n) is 6.86. The van der Waals surface area contributed by atoms with Crippen molar-refractivity contribution >= 4 is 28.7 Å². The van der Waals surface area contributed by atoms with Crippen molar-refractivity contribution in [1.82, 2.24) is 5.32 Å². The zero-order valence-electron chi connectivity index (χ0n) is 24.9. The van der Waals surface area contributed by atoms with Crippen LogP contribution in [-0.4, -0.2) is 44.3 Å². The van der Waals surface area contributed by atoms with Crippen molar-refractivity contribution in [1.29, 1.82) is 10.8 Å². The number of methoxy groups -OCH3 is 2. The molecule has 10 heteroatoms. The molecule has 0 heterocycles. The number of amides is 1. The van der Waals surface area contributed by atoms with Gasteiger partial charge in [0.1, 0.15) is 23.6 Å². The second kappa shape index (κ2) is 14.7. The molecule has 0 aromatic heterocycles. The van der Waals surface area contributed by atoms with Crippen LogP contribution in [0.5, 0.6) is 11.5 Å². The number of alkyl halides is 3. The van der Waals surface area contributed by atoms with Gasteiger partial charge >= 0.3 is 6.18 Å². The standard InChI is InChI=1S/C31H41F3N4O3/c1-8-10-22(21(5)35)14-25(36)23-11-12-26(20(4)13-23)38(17-19(3)9-2)24-15-27(40-6)29(28(16-24)41-7)30(39)37-18-31(32,33)34/h11-13,15-17,22,35-36H,8-10,14,18H2,1-7H3,(H,37,39)/b19-17-,35-21?,36-25?. The van der Waals surface area contributed by atoms with Crippen molar-refractivity contribution in [3.63, 3.8) is 0 Å². The Kier molecular flexibility index (Phi) is 12.0. The van der Waals surface area contributed by atoms with Crippen molar-refractivity contribution < 1.29 is 27.4 Å². The van der Waals surface area contributed by atoms with E-state index in [0.717, 1.165) is 41.6 Å². The van der Waals surface area contributed by atoms with Crippen LogP contribution < -0.4 is 19.7 Å². The summed E-state index contributed by atoms with van der Waals surface area (Å²) < 4.78 is 49.1. The number of allylic oxidation sites excluding steroid dienone is 1. The quantitative estimate of drug-likeness (QED) is 0.199.